The normalized spacial score (nSPS) is 12.8. The third kappa shape index (κ3) is 5.83. The summed E-state index contributed by atoms with van der Waals surface area (Å²) in [5.41, 5.74) is 3.16. The molecular formula is C27H22Cl3N5O2S. The van der Waals surface area contributed by atoms with E-state index in [-0.39, 0.29) is 29.1 Å². The zero-order valence-electron chi connectivity index (χ0n) is 20.0. The lowest BCUT2D eigenvalue weighted by atomic mass is 10.0. The Labute approximate surface area is 239 Å². The first kappa shape index (κ1) is 26.6. The first-order chi connectivity index (χ1) is 18.4. The van der Waals surface area contributed by atoms with Crippen LogP contribution in [0.4, 0.5) is 5.69 Å². The van der Waals surface area contributed by atoms with E-state index in [2.05, 4.69) is 21.6 Å². The lowest BCUT2D eigenvalue weighted by Gasteiger charge is -2.29. The van der Waals surface area contributed by atoms with Crippen LogP contribution >= 0.6 is 46.6 Å². The number of carbonyl (C=O) groups is 2. The highest BCUT2D eigenvalue weighted by Gasteiger charge is 2.24. The van der Waals surface area contributed by atoms with Crippen molar-refractivity contribution in [1.82, 2.24) is 20.1 Å². The second-order valence-corrected chi connectivity index (χ2v) is 10.8. The van der Waals surface area contributed by atoms with Gasteiger partial charge in [-0.25, -0.2) is 0 Å². The fourth-order valence-electron chi connectivity index (χ4n) is 4.31. The van der Waals surface area contributed by atoms with E-state index in [0.29, 0.717) is 33.1 Å². The molecule has 0 spiro atoms. The number of thioether (sulfide) groups is 1. The molecular weight excluding hydrogens is 565 g/mol. The Morgan fingerprint density at radius 1 is 0.947 bits per heavy atom. The maximum Gasteiger partial charge on any atom is 0.253 e. The Balaban J connectivity index is 1.36. The molecule has 4 aromatic rings. The van der Waals surface area contributed by atoms with Crippen molar-refractivity contribution in [3.05, 3.63) is 98.7 Å². The van der Waals surface area contributed by atoms with Crippen LogP contribution in [0.15, 0.2) is 71.9 Å². The van der Waals surface area contributed by atoms with Gasteiger partial charge in [0.05, 0.1) is 28.6 Å². The number of benzene rings is 3. The van der Waals surface area contributed by atoms with Crippen molar-refractivity contribution in [2.24, 2.45) is 0 Å². The highest BCUT2D eigenvalue weighted by Crippen LogP contribution is 2.29. The number of amides is 2. The van der Waals surface area contributed by atoms with Gasteiger partial charge in [-0.2, -0.15) is 0 Å². The molecule has 11 heteroatoms. The number of para-hydroxylation sites is 1. The molecule has 0 radical (unpaired) electrons. The van der Waals surface area contributed by atoms with Gasteiger partial charge in [-0.3, -0.25) is 14.2 Å². The monoisotopic (exact) mass is 585 g/mol. The lowest BCUT2D eigenvalue weighted by Crippen LogP contribution is -2.36. The molecule has 7 nitrogen and oxygen atoms in total. The summed E-state index contributed by atoms with van der Waals surface area (Å²) < 4.78 is 1.79. The highest BCUT2D eigenvalue weighted by molar-refractivity contribution is 7.99. The van der Waals surface area contributed by atoms with Gasteiger partial charge in [0, 0.05) is 22.3 Å². The van der Waals surface area contributed by atoms with Crippen LogP contribution in [-0.4, -0.2) is 38.9 Å². The summed E-state index contributed by atoms with van der Waals surface area (Å²) in [6, 6.07) is 19.9. The Morgan fingerprint density at radius 3 is 2.58 bits per heavy atom. The van der Waals surface area contributed by atoms with E-state index >= 15 is 0 Å². The van der Waals surface area contributed by atoms with Gasteiger partial charge in [0.1, 0.15) is 0 Å². The molecule has 1 aliphatic heterocycles. The Bertz CT molecular complexity index is 1510. The third-order valence-electron chi connectivity index (χ3n) is 6.09. The van der Waals surface area contributed by atoms with E-state index in [1.165, 1.54) is 23.4 Å². The van der Waals surface area contributed by atoms with Gasteiger partial charge < -0.3 is 10.2 Å². The van der Waals surface area contributed by atoms with Crippen molar-refractivity contribution in [1.29, 1.82) is 0 Å². The second kappa shape index (κ2) is 11.8. The molecule has 5 rings (SSSR count). The number of anilines is 1. The van der Waals surface area contributed by atoms with E-state index in [0.717, 1.165) is 24.2 Å². The molecule has 0 saturated heterocycles. The minimum atomic E-state index is -0.375. The predicted molar refractivity (Wildman–Crippen MR) is 152 cm³/mol. The fourth-order valence-corrected chi connectivity index (χ4v) is 5.83. The first-order valence-corrected chi connectivity index (χ1v) is 14.0. The van der Waals surface area contributed by atoms with Crippen LogP contribution in [-0.2, 0) is 17.8 Å². The average molecular weight is 587 g/mol. The molecule has 0 bridgehead atoms. The number of aromatic nitrogens is 3. The molecule has 0 fully saturated rings. The summed E-state index contributed by atoms with van der Waals surface area (Å²) >= 11 is 19.7. The summed E-state index contributed by atoms with van der Waals surface area (Å²) in [6.07, 6.45) is 1.89. The van der Waals surface area contributed by atoms with Gasteiger partial charge in [0.2, 0.25) is 5.91 Å². The van der Waals surface area contributed by atoms with E-state index < -0.39 is 0 Å². The van der Waals surface area contributed by atoms with Crippen LogP contribution in [0.3, 0.4) is 0 Å². The number of hydrogen-bond donors (Lipinski definition) is 1. The quantitative estimate of drug-likeness (QED) is 0.260. The number of rotatable bonds is 7. The Morgan fingerprint density at radius 2 is 1.76 bits per heavy atom. The summed E-state index contributed by atoms with van der Waals surface area (Å²) in [6.45, 7) is 0.757. The van der Waals surface area contributed by atoms with E-state index in [4.69, 9.17) is 34.8 Å². The molecule has 2 heterocycles. The maximum atomic E-state index is 13.2. The van der Waals surface area contributed by atoms with Gasteiger partial charge in [-0.05, 0) is 60.9 Å². The van der Waals surface area contributed by atoms with Crippen molar-refractivity contribution in [3.63, 3.8) is 0 Å². The van der Waals surface area contributed by atoms with Crippen LogP contribution in [0.1, 0.15) is 28.2 Å². The predicted octanol–water partition coefficient (Wildman–Crippen LogP) is 6.23. The molecule has 0 atom stereocenters. The minimum absolute atomic E-state index is 0.00460. The number of fused-ring (bicyclic) bond motifs is 1. The summed E-state index contributed by atoms with van der Waals surface area (Å²) in [7, 11) is 0. The number of hydrogen-bond acceptors (Lipinski definition) is 5. The molecule has 3 aromatic carbocycles. The molecule has 0 unspecified atom stereocenters. The fraction of sp³-hybridized carbons (Fsp3) is 0.185. The number of carbonyl (C=O) groups excluding carboxylic acids is 2. The van der Waals surface area contributed by atoms with Crippen molar-refractivity contribution in [2.45, 2.75) is 24.5 Å². The van der Waals surface area contributed by atoms with Crippen molar-refractivity contribution in [3.8, 4) is 5.69 Å². The van der Waals surface area contributed by atoms with Crippen molar-refractivity contribution in [2.75, 3.05) is 17.2 Å². The number of nitrogens with one attached hydrogen (secondary N) is 1. The molecule has 38 heavy (non-hydrogen) atoms. The maximum absolute atomic E-state index is 13.2. The molecule has 194 valence electrons. The largest absolute Gasteiger partial charge is 0.345 e. The smallest absolute Gasteiger partial charge is 0.253 e. The van der Waals surface area contributed by atoms with Crippen LogP contribution in [0.2, 0.25) is 15.1 Å². The minimum Gasteiger partial charge on any atom is -0.345 e. The van der Waals surface area contributed by atoms with Crippen molar-refractivity contribution < 1.29 is 9.59 Å². The first-order valence-electron chi connectivity index (χ1n) is 11.9. The van der Waals surface area contributed by atoms with E-state index in [1.807, 2.05) is 35.2 Å². The van der Waals surface area contributed by atoms with E-state index in [1.54, 1.807) is 28.8 Å². The number of halogens is 3. The molecule has 1 aliphatic rings. The standard InChI is InChI=1S/C27H22Cl3N5O2S/c28-18-7-3-8-20(13-18)35-24(15-31-26(37)21-11-10-19(29)14-22(21)30)32-33-27(35)38-16-25(36)34-12-4-6-17-5-1-2-9-23(17)34/h1-3,5,7-11,13-14H,4,6,12,15-16H2,(H,31,37). The van der Waals surface area contributed by atoms with Gasteiger partial charge in [-0.1, -0.05) is 70.8 Å². The molecule has 2 amide bonds. The number of nitrogens with zero attached hydrogens (tertiary/aromatic N) is 4. The Hall–Kier alpha value is -3.04. The SMILES string of the molecule is O=C(NCc1nnc(SCC(=O)N2CCCc3ccccc32)n1-c1cccc(Cl)c1)c1ccc(Cl)cc1Cl. The summed E-state index contributed by atoms with van der Waals surface area (Å²) in [5.74, 6) is 0.277. The zero-order valence-corrected chi connectivity index (χ0v) is 23.1. The van der Waals surface area contributed by atoms with Gasteiger partial charge in [-0.15, -0.1) is 10.2 Å². The molecule has 1 aromatic heterocycles. The van der Waals surface area contributed by atoms with Crippen LogP contribution < -0.4 is 10.2 Å². The average Bonchev–Trinajstić information content (AvgIpc) is 3.33. The third-order valence-corrected chi connectivity index (χ3v) is 7.78. The topological polar surface area (TPSA) is 80.1 Å². The summed E-state index contributed by atoms with van der Waals surface area (Å²) in [5, 5.41) is 13.2. The van der Waals surface area contributed by atoms with Gasteiger partial charge in [0.25, 0.3) is 5.91 Å². The highest BCUT2D eigenvalue weighted by atomic mass is 35.5. The van der Waals surface area contributed by atoms with Crippen LogP contribution in [0, 0.1) is 0 Å². The van der Waals surface area contributed by atoms with Crippen molar-refractivity contribution >= 4 is 64.1 Å². The van der Waals surface area contributed by atoms with Gasteiger partial charge >= 0.3 is 0 Å². The number of aryl methyl sites for hydroxylation is 1. The Kier molecular flexibility index (Phi) is 8.24. The summed E-state index contributed by atoms with van der Waals surface area (Å²) in [4.78, 5) is 27.8. The zero-order chi connectivity index (χ0) is 26.6. The van der Waals surface area contributed by atoms with Crippen LogP contribution in [0.5, 0.6) is 0 Å². The lowest BCUT2D eigenvalue weighted by molar-refractivity contribution is -0.116. The van der Waals surface area contributed by atoms with Gasteiger partial charge in [0.15, 0.2) is 11.0 Å². The van der Waals surface area contributed by atoms with Crippen LogP contribution in [0.25, 0.3) is 5.69 Å². The molecule has 0 aliphatic carbocycles. The molecule has 1 N–H and O–H groups in total. The van der Waals surface area contributed by atoms with E-state index in [9.17, 15) is 9.59 Å². The second-order valence-electron chi connectivity index (χ2n) is 8.59. The molecule has 0 saturated carbocycles.